The van der Waals surface area contributed by atoms with Gasteiger partial charge in [-0.3, -0.25) is 14.3 Å². The van der Waals surface area contributed by atoms with Gasteiger partial charge in [-0.2, -0.15) is 5.10 Å². The molecule has 1 aromatic heterocycles. The van der Waals surface area contributed by atoms with E-state index in [2.05, 4.69) is 10.4 Å². The predicted molar refractivity (Wildman–Crippen MR) is 75.6 cm³/mol. The second-order valence-corrected chi connectivity index (χ2v) is 4.41. The van der Waals surface area contributed by atoms with E-state index in [1.807, 2.05) is 26.0 Å². The highest BCUT2D eigenvalue weighted by Crippen LogP contribution is 2.16. The topological polar surface area (TPSA) is 90.0 Å². The van der Waals surface area contributed by atoms with Crippen molar-refractivity contribution in [1.82, 2.24) is 9.78 Å². The molecule has 2 rings (SSSR count). The highest BCUT2D eigenvalue weighted by molar-refractivity contribution is 6.08. The van der Waals surface area contributed by atoms with Crippen molar-refractivity contribution in [3.8, 4) is 0 Å². The van der Waals surface area contributed by atoms with E-state index < -0.39 is 5.91 Å². The van der Waals surface area contributed by atoms with Crippen molar-refractivity contribution >= 4 is 17.5 Å². The van der Waals surface area contributed by atoms with E-state index in [0.717, 1.165) is 5.56 Å². The van der Waals surface area contributed by atoms with Crippen molar-refractivity contribution in [3.63, 3.8) is 0 Å². The number of anilines is 1. The average molecular weight is 272 g/mol. The predicted octanol–water partition coefficient (Wildman–Crippen LogP) is 1.56. The molecule has 0 atom stereocenters. The van der Waals surface area contributed by atoms with Gasteiger partial charge in [0.15, 0.2) is 0 Å². The van der Waals surface area contributed by atoms with E-state index in [-0.39, 0.29) is 11.6 Å². The molecule has 1 heterocycles. The van der Waals surface area contributed by atoms with Crippen LogP contribution in [-0.2, 0) is 6.54 Å². The first-order valence-electron chi connectivity index (χ1n) is 6.26. The third-order valence-electron chi connectivity index (χ3n) is 2.93. The standard InChI is InChI=1S/C14H16N4O2/c1-3-18-12(13(15)19)11(8-16-18)17-14(20)10-6-4-9(2)5-7-10/h4-8H,3H2,1-2H3,(H2,15,19)(H,17,20). The smallest absolute Gasteiger partial charge is 0.269 e. The Morgan fingerprint density at radius 3 is 2.50 bits per heavy atom. The number of rotatable bonds is 4. The molecule has 0 radical (unpaired) electrons. The minimum absolute atomic E-state index is 0.202. The fraction of sp³-hybridized carbons (Fsp3) is 0.214. The van der Waals surface area contributed by atoms with Gasteiger partial charge in [-0.15, -0.1) is 0 Å². The Bertz CT molecular complexity index is 644. The summed E-state index contributed by atoms with van der Waals surface area (Å²) >= 11 is 0. The Morgan fingerprint density at radius 1 is 1.30 bits per heavy atom. The summed E-state index contributed by atoms with van der Waals surface area (Å²) in [4.78, 5) is 23.5. The largest absolute Gasteiger partial charge is 0.364 e. The first-order chi connectivity index (χ1) is 9.52. The molecule has 1 aromatic carbocycles. The van der Waals surface area contributed by atoms with Crippen molar-refractivity contribution in [2.75, 3.05) is 5.32 Å². The maximum Gasteiger partial charge on any atom is 0.269 e. The lowest BCUT2D eigenvalue weighted by Crippen LogP contribution is -2.21. The highest BCUT2D eigenvalue weighted by atomic mass is 16.2. The first kappa shape index (κ1) is 13.8. The summed E-state index contributed by atoms with van der Waals surface area (Å²) < 4.78 is 1.45. The van der Waals surface area contributed by atoms with Crippen LogP contribution >= 0.6 is 0 Å². The molecular formula is C14H16N4O2. The van der Waals surface area contributed by atoms with E-state index in [1.165, 1.54) is 10.9 Å². The summed E-state index contributed by atoms with van der Waals surface area (Å²) in [6.45, 7) is 4.28. The van der Waals surface area contributed by atoms with Crippen LogP contribution in [0.3, 0.4) is 0 Å². The quantitative estimate of drug-likeness (QED) is 0.885. The Morgan fingerprint density at radius 2 is 1.95 bits per heavy atom. The summed E-state index contributed by atoms with van der Waals surface area (Å²) in [7, 11) is 0. The number of nitrogens with zero attached hydrogens (tertiary/aromatic N) is 2. The Balaban J connectivity index is 2.26. The van der Waals surface area contributed by atoms with Gasteiger partial charge in [0.25, 0.3) is 11.8 Å². The van der Waals surface area contributed by atoms with Crippen LogP contribution in [-0.4, -0.2) is 21.6 Å². The van der Waals surface area contributed by atoms with Crippen LogP contribution in [0.15, 0.2) is 30.5 Å². The van der Waals surface area contributed by atoms with E-state index >= 15 is 0 Å². The molecule has 0 fully saturated rings. The number of nitrogens with one attached hydrogen (secondary N) is 1. The molecule has 0 saturated heterocycles. The number of carbonyl (C=O) groups excluding carboxylic acids is 2. The van der Waals surface area contributed by atoms with Gasteiger partial charge in [-0.1, -0.05) is 17.7 Å². The lowest BCUT2D eigenvalue weighted by molar-refractivity contribution is 0.0991. The van der Waals surface area contributed by atoms with Crippen LogP contribution < -0.4 is 11.1 Å². The van der Waals surface area contributed by atoms with Crippen molar-refractivity contribution < 1.29 is 9.59 Å². The number of amides is 2. The molecule has 0 aliphatic heterocycles. The molecular weight excluding hydrogens is 256 g/mol. The molecule has 3 N–H and O–H groups in total. The van der Waals surface area contributed by atoms with E-state index in [1.54, 1.807) is 12.1 Å². The van der Waals surface area contributed by atoms with Gasteiger partial charge in [0.2, 0.25) is 0 Å². The van der Waals surface area contributed by atoms with E-state index in [0.29, 0.717) is 17.8 Å². The molecule has 6 heteroatoms. The van der Waals surface area contributed by atoms with Gasteiger partial charge < -0.3 is 11.1 Å². The number of primary amides is 1. The zero-order valence-electron chi connectivity index (χ0n) is 11.4. The number of hydrogen-bond acceptors (Lipinski definition) is 3. The molecule has 0 saturated carbocycles. The minimum atomic E-state index is -0.622. The molecule has 0 unspecified atom stereocenters. The number of nitrogens with two attached hydrogens (primary N) is 1. The minimum Gasteiger partial charge on any atom is -0.364 e. The summed E-state index contributed by atoms with van der Waals surface area (Å²) in [6.07, 6.45) is 1.43. The van der Waals surface area contributed by atoms with Crippen LogP contribution in [0.2, 0.25) is 0 Å². The molecule has 0 spiro atoms. The fourth-order valence-electron chi connectivity index (χ4n) is 1.88. The van der Waals surface area contributed by atoms with Crippen molar-refractivity contribution in [2.24, 2.45) is 5.73 Å². The molecule has 0 bridgehead atoms. The van der Waals surface area contributed by atoms with Gasteiger partial charge in [0, 0.05) is 12.1 Å². The summed E-state index contributed by atoms with van der Waals surface area (Å²) in [6, 6.07) is 7.14. The van der Waals surface area contributed by atoms with Crippen LogP contribution in [0.25, 0.3) is 0 Å². The van der Waals surface area contributed by atoms with Gasteiger partial charge in [0.05, 0.1) is 11.9 Å². The summed E-state index contributed by atoms with van der Waals surface area (Å²) in [5.41, 5.74) is 7.42. The molecule has 2 aromatic rings. The molecule has 2 amide bonds. The number of benzene rings is 1. The molecule has 20 heavy (non-hydrogen) atoms. The van der Waals surface area contributed by atoms with E-state index in [4.69, 9.17) is 5.73 Å². The zero-order chi connectivity index (χ0) is 14.7. The molecule has 6 nitrogen and oxygen atoms in total. The number of carbonyl (C=O) groups is 2. The number of aryl methyl sites for hydroxylation is 2. The summed E-state index contributed by atoms with van der Waals surface area (Å²) in [5, 5.41) is 6.68. The average Bonchev–Trinajstić information content (AvgIpc) is 2.82. The third kappa shape index (κ3) is 2.69. The van der Waals surface area contributed by atoms with Gasteiger partial charge in [-0.05, 0) is 26.0 Å². The first-order valence-corrected chi connectivity index (χ1v) is 6.26. The van der Waals surface area contributed by atoms with Crippen LogP contribution in [0.5, 0.6) is 0 Å². The maximum atomic E-state index is 12.1. The second-order valence-electron chi connectivity index (χ2n) is 4.41. The second kappa shape index (κ2) is 5.56. The number of aromatic nitrogens is 2. The van der Waals surface area contributed by atoms with Crippen molar-refractivity contribution in [1.29, 1.82) is 0 Å². The van der Waals surface area contributed by atoms with Crippen LogP contribution in [0.1, 0.15) is 33.3 Å². The van der Waals surface area contributed by atoms with Crippen molar-refractivity contribution in [2.45, 2.75) is 20.4 Å². The highest BCUT2D eigenvalue weighted by Gasteiger charge is 2.17. The number of hydrogen-bond donors (Lipinski definition) is 2. The lowest BCUT2D eigenvalue weighted by Gasteiger charge is -2.06. The molecule has 0 aliphatic carbocycles. The van der Waals surface area contributed by atoms with E-state index in [9.17, 15) is 9.59 Å². The zero-order valence-corrected chi connectivity index (χ0v) is 11.4. The lowest BCUT2D eigenvalue weighted by atomic mass is 10.1. The summed E-state index contributed by atoms with van der Waals surface area (Å²) in [5.74, 6) is -0.924. The Labute approximate surface area is 116 Å². The van der Waals surface area contributed by atoms with Gasteiger partial charge in [0.1, 0.15) is 5.69 Å². The Kier molecular flexibility index (Phi) is 3.84. The fourth-order valence-corrected chi connectivity index (χ4v) is 1.88. The normalized spacial score (nSPS) is 10.3. The third-order valence-corrected chi connectivity index (χ3v) is 2.93. The van der Waals surface area contributed by atoms with Gasteiger partial charge >= 0.3 is 0 Å². The Hall–Kier alpha value is -2.63. The van der Waals surface area contributed by atoms with Crippen molar-refractivity contribution in [3.05, 3.63) is 47.3 Å². The SMILES string of the molecule is CCn1ncc(NC(=O)c2ccc(C)cc2)c1C(N)=O. The molecule has 0 aliphatic rings. The van der Waals surface area contributed by atoms with Crippen LogP contribution in [0.4, 0.5) is 5.69 Å². The monoisotopic (exact) mass is 272 g/mol. The van der Waals surface area contributed by atoms with Gasteiger partial charge in [-0.25, -0.2) is 0 Å². The van der Waals surface area contributed by atoms with Crippen LogP contribution in [0, 0.1) is 6.92 Å². The molecule has 104 valence electrons. The maximum absolute atomic E-state index is 12.1.